The maximum Gasteiger partial charge on any atom is 0.277 e. The third-order valence-electron chi connectivity index (χ3n) is 4.07. The van der Waals surface area contributed by atoms with E-state index in [1.165, 1.54) is 4.68 Å². The molecule has 1 fully saturated rings. The molecule has 21 heavy (non-hydrogen) atoms. The minimum Gasteiger partial charge on any atom is -0.470 e. The average Bonchev–Trinajstić information content (AvgIpc) is 2.96. The molecular weight excluding hydrogens is 272 g/mol. The van der Waals surface area contributed by atoms with Crippen molar-refractivity contribution in [2.24, 2.45) is 0 Å². The van der Waals surface area contributed by atoms with Gasteiger partial charge in [0.1, 0.15) is 11.3 Å². The first kappa shape index (κ1) is 12.3. The lowest BCUT2D eigenvalue weighted by Gasteiger charge is -2.31. The lowest BCUT2D eigenvalue weighted by atomic mass is 10.1. The van der Waals surface area contributed by atoms with Crippen molar-refractivity contribution in [3.63, 3.8) is 0 Å². The van der Waals surface area contributed by atoms with E-state index in [2.05, 4.69) is 10.3 Å². The number of amides is 1. The monoisotopic (exact) mass is 286 g/mol. The number of aromatic nitrogens is 3. The molecule has 1 aromatic carbocycles. The van der Waals surface area contributed by atoms with Crippen LogP contribution in [-0.2, 0) is 6.54 Å². The SMILES string of the molecule is CCn1nnc2cc3c(cc2c1=O)OC1CCCN1C3=O. The summed E-state index contributed by atoms with van der Waals surface area (Å²) < 4.78 is 7.16. The summed E-state index contributed by atoms with van der Waals surface area (Å²) in [4.78, 5) is 26.5. The number of carbonyl (C=O) groups is 1. The summed E-state index contributed by atoms with van der Waals surface area (Å²) in [5.41, 5.74) is 0.678. The second kappa shape index (κ2) is 4.28. The van der Waals surface area contributed by atoms with Crippen LogP contribution in [0.2, 0.25) is 0 Å². The van der Waals surface area contributed by atoms with Gasteiger partial charge in [-0.05, 0) is 25.5 Å². The second-order valence-electron chi connectivity index (χ2n) is 5.29. The molecule has 1 atom stereocenters. The quantitative estimate of drug-likeness (QED) is 0.773. The first-order chi connectivity index (χ1) is 10.2. The van der Waals surface area contributed by atoms with E-state index in [1.807, 2.05) is 6.92 Å². The zero-order chi connectivity index (χ0) is 14.6. The highest BCUT2D eigenvalue weighted by Gasteiger charge is 2.37. The number of rotatable bonds is 1. The Bertz CT molecular complexity index is 814. The van der Waals surface area contributed by atoms with Crippen LogP contribution in [0.15, 0.2) is 16.9 Å². The molecule has 1 unspecified atom stereocenters. The van der Waals surface area contributed by atoms with Gasteiger partial charge in [-0.25, -0.2) is 4.68 Å². The fourth-order valence-electron chi connectivity index (χ4n) is 2.97. The molecule has 7 nitrogen and oxygen atoms in total. The number of hydrogen-bond acceptors (Lipinski definition) is 5. The van der Waals surface area contributed by atoms with Crippen molar-refractivity contribution in [1.82, 2.24) is 19.9 Å². The topological polar surface area (TPSA) is 77.3 Å². The van der Waals surface area contributed by atoms with Crippen molar-refractivity contribution in [3.8, 4) is 5.75 Å². The van der Waals surface area contributed by atoms with Crippen molar-refractivity contribution in [3.05, 3.63) is 28.0 Å². The molecule has 1 saturated heterocycles. The molecule has 2 aliphatic rings. The fourth-order valence-corrected chi connectivity index (χ4v) is 2.97. The summed E-state index contributed by atoms with van der Waals surface area (Å²) in [6.45, 7) is 3.00. The zero-order valence-corrected chi connectivity index (χ0v) is 11.6. The van der Waals surface area contributed by atoms with E-state index >= 15 is 0 Å². The van der Waals surface area contributed by atoms with E-state index in [1.54, 1.807) is 17.0 Å². The summed E-state index contributed by atoms with van der Waals surface area (Å²) in [5.74, 6) is 0.422. The van der Waals surface area contributed by atoms with Crippen molar-refractivity contribution in [2.45, 2.75) is 32.5 Å². The Kier molecular flexibility index (Phi) is 2.51. The first-order valence-corrected chi connectivity index (χ1v) is 7.08. The molecular formula is C14H14N4O3. The van der Waals surface area contributed by atoms with Gasteiger partial charge in [0.2, 0.25) is 0 Å². The van der Waals surface area contributed by atoms with Crippen LogP contribution in [-0.4, -0.2) is 38.6 Å². The first-order valence-electron chi connectivity index (χ1n) is 7.08. The van der Waals surface area contributed by atoms with Crippen LogP contribution < -0.4 is 10.3 Å². The molecule has 0 saturated carbocycles. The van der Waals surface area contributed by atoms with E-state index in [0.717, 1.165) is 12.8 Å². The standard InChI is InChI=1S/C14H14N4O3/c1-2-18-14(20)8-7-11-9(6-10(8)15-16-18)13(19)17-5-3-4-12(17)21-11/h6-7,12H,2-5H2,1H3. The van der Waals surface area contributed by atoms with Gasteiger partial charge in [-0.15, -0.1) is 5.10 Å². The zero-order valence-electron chi connectivity index (χ0n) is 11.6. The molecule has 7 heteroatoms. The molecule has 3 heterocycles. The largest absolute Gasteiger partial charge is 0.470 e. The summed E-state index contributed by atoms with van der Waals surface area (Å²) >= 11 is 0. The minimum atomic E-state index is -0.213. The average molecular weight is 286 g/mol. The van der Waals surface area contributed by atoms with Gasteiger partial charge in [-0.3, -0.25) is 9.59 Å². The third kappa shape index (κ3) is 1.66. The third-order valence-corrected chi connectivity index (χ3v) is 4.07. The number of aryl methyl sites for hydroxylation is 1. The Morgan fingerprint density at radius 2 is 2.24 bits per heavy atom. The van der Waals surface area contributed by atoms with Gasteiger partial charge in [-0.2, -0.15) is 0 Å². The fraction of sp³-hybridized carbons (Fsp3) is 0.429. The van der Waals surface area contributed by atoms with Crippen LogP contribution in [0.25, 0.3) is 10.9 Å². The van der Waals surface area contributed by atoms with Crippen LogP contribution in [0.1, 0.15) is 30.1 Å². The van der Waals surface area contributed by atoms with Gasteiger partial charge in [0.05, 0.1) is 10.9 Å². The van der Waals surface area contributed by atoms with E-state index in [9.17, 15) is 9.59 Å². The van der Waals surface area contributed by atoms with Gasteiger partial charge in [-0.1, -0.05) is 5.21 Å². The van der Waals surface area contributed by atoms with Crippen LogP contribution in [0.5, 0.6) is 5.75 Å². The van der Waals surface area contributed by atoms with Crippen LogP contribution in [0, 0.1) is 0 Å². The molecule has 0 spiro atoms. The van der Waals surface area contributed by atoms with E-state index < -0.39 is 0 Å². The highest BCUT2D eigenvalue weighted by Crippen LogP contribution is 2.34. The highest BCUT2D eigenvalue weighted by atomic mass is 16.5. The van der Waals surface area contributed by atoms with Crippen molar-refractivity contribution >= 4 is 16.8 Å². The van der Waals surface area contributed by atoms with Crippen LogP contribution in [0.4, 0.5) is 0 Å². The lowest BCUT2D eigenvalue weighted by Crippen LogP contribution is -2.43. The van der Waals surface area contributed by atoms with Gasteiger partial charge in [0.25, 0.3) is 11.5 Å². The van der Waals surface area contributed by atoms with Gasteiger partial charge < -0.3 is 9.64 Å². The molecule has 2 aliphatic heterocycles. The molecule has 108 valence electrons. The minimum absolute atomic E-state index is 0.0536. The Balaban J connectivity index is 1.94. The molecule has 0 aliphatic carbocycles. The number of nitrogens with zero attached hydrogens (tertiary/aromatic N) is 4. The molecule has 0 N–H and O–H groups in total. The Labute approximate surface area is 120 Å². The summed E-state index contributed by atoms with van der Waals surface area (Å²) in [7, 11) is 0. The molecule has 0 bridgehead atoms. The van der Waals surface area contributed by atoms with Gasteiger partial charge >= 0.3 is 0 Å². The van der Waals surface area contributed by atoms with Crippen molar-refractivity contribution in [2.75, 3.05) is 6.54 Å². The normalized spacial score (nSPS) is 20.3. The maximum atomic E-state index is 12.5. The van der Waals surface area contributed by atoms with Crippen molar-refractivity contribution < 1.29 is 9.53 Å². The molecule has 2 aromatic rings. The summed E-state index contributed by atoms with van der Waals surface area (Å²) in [6, 6.07) is 3.23. The number of fused-ring (bicyclic) bond motifs is 3. The predicted octanol–water partition coefficient (Wildman–Crippen LogP) is 0.766. The van der Waals surface area contributed by atoms with E-state index in [-0.39, 0.29) is 17.7 Å². The molecule has 1 amide bonds. The number of benzene rings is 1. The van der Waals surface area contributed by atoms with Crippen LogP contribution >= 0.6 is 0 Å². The summed E-state index contributed by atoms with van der Waals surface area (Å²) in [6.07, 6.45) is 1.56. The lowest BCUT2D eigenvalue weighted by molar-refractivity contribution is 0.0295. The Morgan fingerprint density at radius 1 is 1.38 bits per heavy atom. The Hall–Kier alpha value is -2.44. The number of hydrogen-bond donors (Lipinski definition) is 0. The Morgan fingerprint density at radius 3 is 3.05 bits per heavy atom. The molecule has 4 rings (SSSR count). The van der Waals surface area contributed by atoms with Gasteiger partial charge in [0, 0.05) is 19.5 Å². The number of ether oxygens (including phenoxy) is 1. The highest BCUT2D eigenvalue weighted by molar-refractivity contribution is 6.01. The maximum absolute atomic E-state index is 12.5. The second-order valence-corrected chi connectivity index (χ2v) is 5.29. The number of carbonyl (C=O) groups excluding carboxylic acids is 1. The summed E-state index contributed by atoms with van der Waals surface area (Å²) in [5, 5.41) is 8.32. The predicted molar refractivity (Wildman–Crippen MR) is 74.2 cm³/mol. The smallest absolute Gasteiger partial charge is 0.277 e. The van der Waals surface area contributed by atoms with Crippen LogP contribution in [0.3, 0.4) is 0 Å². The molecule has 1 aromatic heterocycles. The van der Waals surface area contributed by atoms with Gasteiger partial charge in [0.15, 0.2) is 6.23 Å². The van der Waals surface area contributed by atoms with E-state index in [0.29, 0.717) is 35.3 Å². The van der Waals surface area contributed by atoms with Crippen molar-refractivity contribution in [1.29, 1.82) is 0 Å². The van der Waals surface area contributed by atoms with E-state index in [4.69, 9.17) is 4.74 Å². The molecule has 0 radical (unpaired) electrons.